The normalized spacial score (nSPS) is 10.6. The maximum absolute atomic E-state index is 11.6. The summed E-state index contributed by atoms with van der Waals surface area (Å²) in [5.74, 6) is -0.305. The summed E-state index contributed by atoms with van der Waals surface area (Å²) in [6, 6.07) is 2.83. The smallest absolute Gasteiger partial charge is 0.339 e. The molecule has 0 saturated heterocycles. The number of carbonyl (C=O) groups is 1. The van der Waals surface area contributed by atoms with E-state index in [1.54, 1.807) is 13.8 Å². The molecule has 6 heteroatoms. The largest absolute Gasteiger partial charge is 0.478 e. The van der Waals surface area contributed by atoms with Crippen LogP contribution in [0.5, 0.6) is 0 Å². The summed E-state index contributed by atoms with van der Waals surface area (Å²) in [6.07, 6.45) is 1.41. The van der Waals surface area contributed by atoms with Crippen molar-refractivity contribution in [3.63, 3.8) is 0 Å². The lowest BCUT2D eigenvalue weighted by atomic mass is 10.2. The van der Waals surface area contributed by atoms with Crippen molar-refractivity contribution in [2.75, 3.05) is 0 Å². The molecule has 2 aromatic heterocycles. The molecule has 2 heterocycles. The first-order valence-corrected chi connectivity index (χ1v) is 5.33. The lowest BCUT2D eigenvalue weighted by Crippen LogP contribution is -2.20. The molecule has 0 unspecified atom stereocenters. The highest BCUT2D eigenvalue weighted by Gasteiger charge is 2.14. The van der Waals surface area contributed by atoms with Crippen molar-refractivity contribution in [3.8, 4) is 0 Å². The van der Waals surface area contributed by atoms with E-state index >= 15 is 0 Å². The Balaban J connectivity index is 2.32. The molecular formula is C12H12N2O4. The number of hydrogen-bond acceptors (Lipinski definition) is 4. The fourth-order valence-electron chi connectivity index (χ4n) is 1.64. The summed E-state index contributed by atoms with van der Waals surface area (Å²) in [4.78, 5) is 26.5. The predicted octanol–water partition coefficient (Wildman–Crippen LogP) is 1.20. The average molecular weight is 248 g/mol. The number of aryl methyl sites for hydroxylation is 2. The number of hydrogen-bond donors (Lipinski definition) is 1. The first kappa shape index (κ1) is 12.1. The molecule has 0 bridgehead atoms. The standard InChI is InChI=1S/C12H12N2O4/c1-7-3-11(15)14(6-13-7)5-9-4-10(12(16)17)8(2)18-9/h3-4,6H,5H2,1-2H3,(H,16,17). The fraction of sp³-hybridized carbons (Fsp3) is 0.250. The van der Waals surface area contributed by atoms with Crippen LogP contribution in [0.25, 0.3) is 0 Å². The number of aromatic carboxylic acids is 1. The topological polar surface area (TPSA) is 85.3 Å². The minimum absolute atomic E-state index is 0.109. The Bertz CT molecular complexity index is 654. The number of carboxylic acids is 1. The van der Waals surface area contributed by atoms with Crippen molar-refractivity contribution in [3.05, 3.63) is 51.6 Å². The van der Waals surface area contributed by atoms with E-state index in [0.717, 1.165) is 0 Å². The quantitative estimate of drug-likeness (QED) is 0.882. The van der Waals surface area contributed by atoms with Crippen LogP contribution in [-0.4, -0.2) is 20.6 Å². The summed E-state index contributed by atoms with van der Waals surface area (Å²) in [6.45, 7) is 3.47. The van der Waals surface area contributed by atoms with Gasteiger partial charge in [-0.05, 0) is 19.9 Å². The van der Waals surface area contributed by atoms with Crippen LogP contribution in [0.4, 0.5) is 0 Å². The lowest BCUT2D eigenvalue weighted by Gasteiger charge is -2.02. The Labute approximate surface area is 103 Å². The molecule has 0 spiro atoms. The predicted molar refractivity (Wildman–Crippen MR) is 62.7 cm³/mol. The van der Waals surface area contributed by atoms with Gasteiger partial charge in [0.1, 0.15) is 17.1 Å². The van der Waals surface area contributed by atoms with Crippen molar-refractivity contribution in [1.29, 1.82) is 0 Å². The highest BCUT2D eigenvalue weighted by molar-refractivity contribution is 5.88. The molecule has 1 N–H and O–H groups in total. The summed E-state index contributed by atoms with van der Waals surface area (Å²) in [5.41, 5.74) is 0.546. The summed E-state index contributed by atoms with van der Waals surface area (Å²) in [7, 11) is 0. The Morgan fingerprint density at radius 1 is 1.44 bits per heavy atom. The second-order valence-corrected chi connectivity index (χ2v) is 3.98. The minimum atomic E-state index is -1.04. The van der Waals surface area contributed by atoms with E-state index < -0.39 is 5.97 Å². The SMILES string of the molecule is Cc1cc(=O)n(Cc2cc(C(=O)O)c(C)o2)cn1. The first-order chi connectivity index (χ1) is 8.47. The molecule has 0 aliphatic carbocycles. The summed E-state index contributed by atoms with van der Waals surface area (Å²) >= 11 is 0. The van der Waals surface area contributed by atoms with E-state index in [2.05, 4.69) is 4.98 Å². The molecular weight excluding hydrogens is 236 g/mol. The van der Waals surface area contributed by atoms with Gasteiger partial charge in [0.2, 0.25) is 0 Å². The van der Waals surface area contributed by atoms with Crippen LogP contribution < -0.4 is 5.56 Å². The van der Waals surface area contributed by atoms with Gasteiger partial charge in [-0.1, -0.05) is 0 Å². The number of rotatable bonds is 3. The monoisotopic (exact) mass is 248 g/mol. The second kappa shape index (κ2) is 4.48. The molecule has 0 radical (unpaired) electrons. The van der Waals surface area contributed by atoms with Crippen molar-refractivity contribution in [2.45, 2.75) is 20.4 Å². The third-order valence-electron chi connectivity index (χ3n) is 2.54. The van der Waals surface area contributed by atoms with Gasteiger partial charge in [0.05, 0.1) is 12.9 Å². The van der Waals surface area contributed by atoms with Crippen molar-refractivity contribution in [1.82, 2.24) is 9.55 Å². The van der Waals surface area contributed by atoms with Crippen molar-refractivity contribution >= 4 is 5.97 Å². The Morgan fingerprint density at radius 3 is 2.72 bits per heavy atom. The maximum atomic E-state index is 11.6. The van der Waals surface area contributed by atoms with Crippen LogP contribution >= 0.6 is 0 Å². The van der Waals surface area contributed by atoms with Crippen molar-refractivity contribution in [2.24, 2.45) is 0 Å². The molecule has 0 saturated carbocycles. The van der Waals surface area contributed by atoms with Crippen LogP contribution in [0.1, 0.15) is 27.6 Å². The Hall–Kier alpha value is -2.37. The van der Waals surface area contributed by atoms with E-state index in [9.17, 15) is 9.59 Å². The number of nitrogens with zero attached hydrogens (tertiary/aromatic N) is 2. The highest BCUT2D eigenvalue weighted by Crippen LogP contribution is 2.15. The van der Waals surface area contributed by atoms with Gasteiger partial charge in [-0.2, -0.15) is 0 Å². The van der Waals surface area contributed by atoms with Gasteiger partial charge < -0.3 is 9.52 Å². The zero-order chi connectivity index (χ0) is 13.3. The van der Waals surface area contributed by atoms with E-state index in [1.165, 1.54) is 23.0 Å². The summed E-state index contributed by atoms with van der Waals surface area (Å²) in [5, 5.41) is 8.90. The van der Waals surface area contributed by atoms with Crippen LogP contribution in [0.15, 0.2) is 27.7 Å². The third kappa shape index (κ3) is 2.32. The van der Waals surface area contributed by atoms with E-state index in [4.69, 9.17) is 9.52 Å². The van der Waals surface area contributed by atoms with Gasteiger partial charge in [0.25, 0.3) is 5.56 Å². The van der Waals surface area contributed by atoms with Gasteiger partial charge in [0.15, 0.2) is 0 Å². The Morgan fingerprint density at radius 2 is 2.17 bits per heavy atom. The summed E-state index contributed by atoms with van der Waals surface area (Å²) < 4.78 is 6.65. The zero-order valence-electron chi connectivity index (χ0n) is 10.0. The second-order valence-electron chi connectivity index (χ2n) is 3.98. The lowest BCUT2D eigenvalue weighted by molar-refractivity contribution is 0.0695. The van der Waals surface area contributed by atoms with Gasteiger partial charge >= 0.3 is 5.97 Å². The minimum Gasteiger partial charge on any atom is -0.478 e. The van der Waals surface area contributed by atoms with Gasteiger partial charge in [0, 0.05) is 11.8 Å². The van der Waals surface area contributed by atoms with Gasteiger partial charge in [-0.3, -0.25) is 9.36 Å². The van der Waals surface area contributed by atoms with Crippen LogP contribution in [-0.2, 0) is 6.54 Å². The molecule has 6 nitrogen and oxygen atoms in total. The van der Waals surface area contributed by atoms with Crippen LogP contribution in [0, 0.1) is 13.8 Å². The molecule has 2 aromatic rings. The van der Waals surface area contributed by atoms with Crippen LogP contribution in [0.2, 0.25) is 0 Å². The fourth-order valence-corrected chi connectivity index (χ4v) is 1.64. The van der Waals surface area contributed by atoms with E-state index in [-0.39, 0.29) is 17.7 Å². The van der Waals surface area contributed by atoms with E-state index in [1.807, 2.05) is 0 Å². The van der Waals surface area contributed by atoms with E-state index in [0.29, 0.717) is 17.2 Å². The zero-order valence-corrected chi connectivity index (χ0v) is 10.0. The maximum Gasteiger partial charge on any atom is 0.339 e. The van der Waals surface area contributed by atoms with Crippen LogP contribution in [0.3, 0.4) is 0 Å². The molecule has 0 fully saturated rings. The van der Waals surface area contributed by atoms with Crippen molar-refractivity contribution < 1.29 is 14.3 Å². The highest BCUT2D eigenvalue weighted by atomic mass is 16.4. The molecule has 0 aromatic carbocycles. The van der Waals surface area contributed by atoms with Gasteiger partial charge in [-0.15, -0.1) is 0 Å². The van der Waals surface area contributed by atoms with Gasteiger partial charge in [-0.25, -0.2) is 9.78 Å². The molecule has 0 aliphatic heterocycles. The number of furan rings is 1. The molecule has 18 heavy (non-hydrogen) atoms. The molecule has 0 aliphatic rings. The molecule has 2 rings (SSSR count). The average Bonchev–Trinajstić information content (AvgIpc) is 2.64. The molecule has 0 amide bonds. The molecule has 94 valence electrons. The first-order valence-electron chi connectivity index (χ1n) is 5.33. The number of aromatic nitrogens is 2. The third-order valence-corrected chi connectivity index (χ3v) is 2.54. The number of carboxylic acid groups (broad SMARTS) is 1. The Kier molecular flexibility index (Phi) is 3.01. The molecule has 0 atom stereocenters.